The molecule has 0 fully saturated rings. The Morgan fingerprint density at radius 1 is 0.758 bits per heavy atom. The number of hydrogen-bond donors (Lipinski definition) is 2. The van der Waals surface area contributed by atoms with Crippen molar-refractivity contribution in [3.63, 3.8) is 0 Å². The van der Waals surface area contributed by atoms with Crippen LogP contribution >= 0.6 is 0 Å². The van der Waals surface area contributed by atoms with Crippen LogP contribution < -0.4 is 25.3 Å². The predicted octanol–water partition coefficient (Wildman–Crippen LogP) is 5.75. The fourth-order valence-corrected chi connectivity index (χ4v) is 10.1. The zero-order chi connectivity index (χ0) is 44.7. The molecule has 6 rings (SSSR count). The highest BCUT2D eigenvalue weighted by Gasteiger charge is 2.38. The van der Waals surface area contributed by atoms with Crippen molar-refractivity contribution in [2.75, 3.05) is 39.4 Å². The van der Waals surface area contributed by atoms with Gasteiger partial charge in [-0.05, 0) is 108 Å². The maximum absolute atomic E-state index is 15.9. The van der Waals surface area contributed by atoms with E-state index in [2.05, 4.69) is 25.8 Å². The van der Waals surface area contributed by atoms with Crippen LogP contribution in [-0.4, -0.2) is 91.7 Å². The standard InChI is InChI=1S/C43H48N8O9S2/c1-43(2,3)60-42(52)46-24-25-61(53,54)37-22-21-35(36-8-7-23-45-40(36)44)38(41-47-48-49-51(41)28-31-13-19-34(59-6)20-14-31)39(37)62(55,56)50(26-29-9-15-32(57-4)16-10-29)27-30-11-17-33(58-5)18-12-30/h7-23H,24-28H2,1-6H3,(H2,44,45)(H,46,52). The molecule has 0 bridgehead atoms. The van der Waals surface area contributed by atoms with E-state index >= 15 is 8.42 Å². The smallest absolute Gasteiger partial charge is 0.407 e. The summed E-state index contributed by atoms with van der Waals surface area (Å²) in [5, 5.41) is 15.0. The van der Waals surface area contributed by atoms with E-state index in [-0.39, 0.29) is 42.4 Å². The number of carbonyl (C=O) groups is 1. The van der Waals surface area contributed by atoms with Gasteiger partial charge in [0, 0.05) is 31.4 Å². The first-order valence-corrected chi connectivity index (χ1v) is 22.3. The van der Waals surface area contributed by atoms with Crippen LogP contribution in [0.5, 0.6) is 17.2 Å². The van der Waals surface area contributed by atoms with Crippen LogP contribution in [0.15, 0.2) is 113 Å². The molecular formula is C43H48N8O9S2. The van der Waals surface area contributed by atoms with E-state index in [9.17, 15) is 13.2 Å². The molecule has 0 aliphatic rings. The van der Waals surface area contributed by atoms with E-state index in [1.54, 1.807) is 113 Å². The minimum absolute atomic E-state index is 0.0387. The molecule has 4 aromatic carbocycles. The van der Waals surface area contributed by atoms with E-state index in [0.29, 0.717) is 33.9 Å². The van der Waals surface area contributed by atoms with Crippen molar-refractivity contribution in [1.82, 2.24) is 34.8 Å². The van der Waals surface area contributed by atoms with Gasteiger partial charge in [0.2, 0.25) is 10.0 Å². The Hall–Kier alpha value is -6.57. The molecule has 0 spiro atoms. The number of amides is 1. The number of nitrogen functional groups attached to an aromatic ring is 1. The summed E-state index contributed by atoms with van der Waals surface area (Å²) in [6.45, 7) is 4.26. The molecule has 2 heterocycles. The summed E-state index contributed by atoms with van der Waals surface area (Å²) < 4.78 is 85.1. The van der Waals surface area contributed by atoms with Gasteiger partial charge in [0.25, 0.3) is 0 Å². The van der Waals surface area contributed by atoms with Crippen LogP contribution in [0.3, 0.4) is 0 Å². The molecule has 6 aromatic rings. The highest BCUT2D eigenvalue weighted by molar-refractivity contribution is 7.93. The maximum atomic E-state index is 15.9. The first-order valence-electron chi connectivity index (χ1n) is 19.3. The normalized spacial score (nSPS) is 11.9. The first kappa shape index (κ1) is 45.0. The van der Waals surface area contributed by atoms with Crippen molar-refractivity contribution in [2.45, 2.75) is 55.8 Å². The van der Waals surface area contributed by atoms with Crippen molar-refractivity contribution in [1.29, 1.82) is 0 Å². The molecule has 17 nitrogen and oxygen atoms in total. The molecule has 19 heteroatoms. The van der Waals surface area contributed by atoms with Crippen molar-refractivity contribution in [3.8, 4) is 39.8 Å². The molecule has 326 valence electrons. The van der Waals surface area contributed by atoms with Gasteiger partial charge in [-0.1, -0.05) is 42.5 Å². The Kier molecular flexibility index (Phi) is 13.8. The Bertz CT molecular complexity index is 2670. The SMILES string of the molecule is COc1ccc(CN(Cc2ccc(OC)cc2)S(=O)(=O)c2c(S(=O)(=O)CCNC(=O)OC(C)(C)C)ccc(-c3cccnc3N)c2-c2nnnn2Cc2ccc(OC)cc2)cc1. The topological polar surface area (TPSA) is 220 Å². The number of anilines is 1. The monoisotopic (exact) mass is 884 g/mol. The van der Waals surface area contributed by atoms with Crippen molar-refractivity contribution in [2.24, 2.45) is 0 Å². The summed E-state index contributed by atoms with van der Waals surface area (Å²) in [5.74, 6) is 0.989. The lowest BCUT2D eigenvalue weighted by molar-refractivity contribution is 0.0531. The highest BCUT2D eigenvalue weighted by atomic mass is 32.2. The molecular weight excluding hydrogens is 837 g/mol. The highest BCUT2D eigenvalue weighted by Crippen LogP contribution is 2.43. The zero-order valence-corrected chi connectivity index (χ0v) is 36.7. The quantitative estimate of drug-likeness (QED) is 0.112. The molecule has 0 aliphatic heterocycles. The molecule has 62 heavy (non-hydrogen) atoms. The summed E-state index contributed by atoms with van der Waals surface area (Å²) in [6, 6.07) is 26.7. The van der Waals surface area contributed by atoms with Crippen LogP contribution in [-0.2, 0) is 44.2 Å². The number of hydrogen-bond acceptors (Lipinski definition) is 14. The van der Waals surface area contributed by atoms with Crippen LogP contribution in [0, 0.1) is 0 Å². The van der Waals surface area contributed by atoms with Gasteiger partial charge in [0.05, 0.1) is 44.1 Å². The van der Waals surface area contributed by atoms with Gasteiger partial charge < -0.3 is 30.0 Å². The number of rotatable bonds is 17. The van der Waals surface area contributed by atoms with E-state index < -0.39 is 53.6 Å². The second kappa shape index (κ2) is 19.0. The number of tetrazole rings is 1. The number of alkyl carbamates (subject to hydrolysis) is 1. The van der Waals surface area contributed by atoms with E-state index in [4.69, 9.17) is 24.7 Å². The predicted molar refractivity (Wildman–Crippen MR) is 232 cm³/mol. The Balaban J connectivity index is 1.62. The number of nitrogens with two attached hydrogens (primary N) is 1. The number of sulfone groups is 1. The third kappa shape index (κ3) is 10.7. The van der Waals surface area contributed by atoms with Crippen LogP contribution in [0.25, 0.3) is 22.5 Å². The molecule has 2 aromatic heterocycles. The fraction of sp³-hybridized carbons (Fsp3) is 0.279. The molecule has 0 saturated heterocycles. The first-order chi connectivity index (χ1) is 29.5. The van der Waals surface area contributed by atoms with Crippen molar-refractivity contribution in [3.05, 3.63) is 120 Å². The number of nitrogens with one attached hydrogen (secondary N) is 1. The van der Waals surface area contributed by atoms with Crippen LogP contribution in [0.4, 0.5) is 10.6 Å². The molecule has 0 radical (unpaired) electrons. The third-order valence-electron chi connectivity index (χ3n) is 9.51. The van der Waals surface area contributed by atoms with Gasteiger partial charge in [-0.3, -0.25) is 0 Å². The molecule has 0 aliphatic carbocycles. The summed E-state index contributed by atoms with van der Waals surface area (Å²) in [7, 11) is -4.89. The largest absolute Gasteiger partial charge is 0.497 e. The molecule has 0 saturated carbocycles. The van der Waals surface area contributed by atoms with Crippen molar-refractivity contribution < 1.29 is 40.6 Å². The van der Waals surface area contributed by atoms with Crippen LogP contribution in [0.1, 0.15) is 37.5 Å². The Morgan fingerprint density at radius 3 is 1.82 bits per heavy atom. The Morgan fingerprint density at radius 2 is 1.31 bits per heavy atom. The average Bonchev–Trinajstić information content (AvgIpc) is 3.70. The van der Waals surface area contributed by atoms with Gasteiger partial charge in [-0.2, -0.15) is 4.31 Å². The number of benzene rings is 4. The van der Waals surface area contributed by atoms with Gasteiger partial charge in [-0.15, -0.1) is 5.10 Å². The minimum Gasteiger partial charge on any atom is -0.497 e. The summed E-state index contributed by atoms with van der Waals surface area (Å²) in [6.07, 6.45) is 0.637. The number of methoxy groups -OCH3 is 3. The number of pyridine rings is 1. The maximum Gasteiger partial charge on any atom is 0.407 e. The third-order valence-corrected chi connectivity index (χ3v) is 13.3. The number of nitrogens with zero attached hydrogens (tertiary/aromatic N) is 6. The van der Waals surface area contributed by atoms with E-state index in [1.165, 1.54) is 41.5 Å². The van der Waals surface area contributed by atoms with Gasteiger partial charge in [0.15, 0.2) is 15.7 Å². The molecule has 3 N–H and O–H groups in total. The van der Waals surface area contributed by atoms with Crippen LogP contribution in [0.2, 0.25) is 0 Å². The van der Waals surface area contributed by atoms with E-state index in [1.807, 2.05) is 0 Å². The molecule has 0 atom stereocenters. The summed E-state index contributed by atoms with van der Waals surface area (Å²) >= 11 is 0. The number of sulfonamides is 1. The number of carbonyl (C=O) groups excluding carboxylic acids is 1. The lowest BCUT2D eigenvalue weighted by atomic mass is 9.99. The van der Waals surface area contributed by atoms with Gasteiger partial charge >= 0.3 is 6.09 Å². The second-order valence-corrected chi connectivity index (χ2v) is 18.9. The van der Waals surface area contributed by atoms with Gasteiger partial charge in [-0.25, -0.2) is 31.3 Å². The minimum atomic E-state index is -4.91. The van der Waals surface area contributed by atoms with E-state index in [0.717, 1.165) is 5.56 Å². The van der Waals surface area contributed by atoms with Crippen molar-refractivity contribution >= 4 is 31.8 Å². The second-order valence-electron chi connectivity index (χ2n) is 15.0. The lowest BCUT2D eigenvalue weighted by Crippen LogP contribution is -2.35. The summed E-state index contributed by atoms with van der Waals surface area (Å²) in [5.41, 5.74) is 7.84. The molecule has 0 unspecified atom stereocenters. The zero-order valence-electron chi connectivity index (χ0n) is 35.1. The summed E-state index contributed by atoms with van der Waals surface area (Å²) in [4.78, 5) is 15.7. The lowest BCUT2D eigenvalue weighted by Gasteiger charge is -2.27. The number of ether oxygens (including phenoxy) is 4. The average molecular weight is 885 g/mol. The Labute approximate surface area is 360 Å². The molecule has 1 amide bonds. The fourth-order valence-electron chi connectivity index (χ4n) is 6.49. The van der Waals surface area contributed by atoms with Gasteiger partial charge in [0.1, 0.15) is 33.6 Å². The number of aromatic nitrogens is 5.